The van der Waals surface area contributed by atoms with Crippen molar-refractivity contribution in [1.82, 2.24) is 0 Å². The van der Waals surface area contributed by atoms with E-state index in [0.29, 0.717) is 38.2 Å². The molecule has 0 N–H and O–H groups in total. The molecule has 0 fully saturated rings. The first kappa shape index (κ1) is 21.8. The van der Waals surface area contributed by atoms with Gasteiger partial charge in [-0.15, -0.1) is 0 Å². The van der Waals surface area contributed by atoms with E-state index in [9.17, 15) is 13.2 Å². The Kier molecular flexibility index (Phi) is 13.5. The van der Waals surface area contributed by atoms with E-state index in [1.165, 1.54) is 0 Å². The molecule has 0 heterocycles. The molecule has 5 heteroatoms. The molecule has 18 heavy (non-hydrogen) atoms. The van der Waals surface area contributed by atoms with Crippen LogP contribution in [0.25, 0.3) is 0 Å². The van der Waals surface area contributed by atoms with Crippen molar-refractivity contribution in [2.75, 3.05) is 0 Å². The molecule has 0 atom stereocenters. The summed E-state index contributed by atoms with van der Waals surface area (Å²) in [7, 11) is 0. The largest absolute Gasteiger partial charge is 1.00 e. The van der Waals surface area contributed by atoms with Gasteiger partial charge in [-0.3, -0.25) is 0 Å². The van der Waals surface area contributed by atoms with Gasteiger partial charge in [-0.25, -0.2) is 13.2 Å². The van der Waals surface area contributed by atoms with Crippen LogP contribution >= 0.6 is 0 Å². The summed E-state index contributed by atoms with van der Waals surface area (Å²) >= 11 is 0. The van der Waals surface area contributed by atoms with Crippen molar-refractivity contribution < 1.29 is 64.6 Å². The molecule has 0 bridgehead atoms. The van der Waals surface area contributed by atoms with Crippen LogP contribution in [0.15, 0.2) is 0 Å². The molecule has 0 aromatic rings. The molecule has 0 rings (SSSR count). The van der Waals surface area contributed by atoms with E-state index in [1.54, 1.807) is 0 Å². The monoisotopic (exact) mass is 290 g/mol. The molecule has 0 spiro atoms. The third kappa shape index (κ3) is 7.32. The van der Waals surface area contributed by atoms with E-state index in [1.807, 2.05) is 20.8 Å². The topological polar surface area (TPSA) is 0 Å². The molecule has 0 aliphatic rings. The SMILES string of the molecule is CCCC[B-](CCCC)(CCCC)C(F)(F)F.[K+]. The third-order valence-electron chi connectivity index (χ3n) is 4.03. The summed E-state index contributed by atoms with van der Waals surface area (Å²) in [5.41, 5.74) is 0. The van der Waals surface area contributed by atoms with Crippen molar-refractivity contribution in [1.29, 1.82) is 0 Å². The van der Waals surface area contributed by atoms with Gasteiger partial charge in [0.25, 0.3) is 6.08 Å². The van der Waals surface area contributed by atoms with E-state index >= 15 is 0 Å². The second kappa shape index (κ2) is 11.2. The summed E-state index contributed by atoms with van der Waals surface area (Å²) < 4.78 is 40.1. The molecule has 0 saturated heterocycles. The first-order chi connectivity index (χ1) is 7.93. The van der Waals surface area contributed by atoms with E-state index in [2.05, 4.69) is 0 Å². The van der Waals surface area contributed by atoms with Gasteiger partial charge in [0.1, 0.15) is 6.15 Å². The molecule has 0 radical (unpaired) electrons. The predicted molar refractivity (Wildman–Crippen MR) is 71.0 cm³/mol. The Morgan fingerprint density at radius 3 is 1.17 bits per heavy atom. The number of unbranched alkanes of at least 4 members (excludes halogenated alkanes) is 3. The quantitative estimate of drug-likeness (QED) is 0.573. The minimum atomic E-state index is -3.97. The van der Waals surface area contributed by atoms with Crippen LogP contribution in [0.3, 0.4) is 0 Å². The van der Waals surface area contributed by atoms with Crippen LogP contribution < -0.4 is 51.4 Å². The summed E-state index contributed by atoms with van der Waals surface area (Å²) in [6.45, 7) is 5.91. The summed E-state index contributed by atoms with van der Waals surface area (Å²) in [4.78, 5) is 0. The smallest absolute Gasteiger partial charge is 0.216 e. The van der Waals surface area contributed by atoms with Gasteiger partial charge in [0.15, 0.2) is 0 Å². The molecule has 0 aromatic heterocycles. The van der Waals surface area contributed by atoms with Crippen LogP contribution in [0.4, 0.5) is 13.2 Å². The Hall–Kier alpha value is 1.49. The second-order valence-electron chi connectivity index (χ2n) is 5.45. The van der Waals surface area contributed by atoms with Gasteiger partial charge in [-0.05, 0) is 0 Å². The van der Waals surface area contributed by atoms with Crippen LogP contribution in [0.1, 0.15) is 59.3 Å². The van der Waals surface area contributed by atoms with E-state index < -0.39 is 12.2 Å². The Morgan fingerprint density at radius 1 is 0.722 bits per heavy atom. The summed E-state index contributed by atoms with van der Waals surface area (Å²) in [5.74, 6) is 0. The van der Waals surface area contributed by atoms with E-state index in [4.69, 9.17) is 0 Å². The Balaban J connectivity index is 0. The zero-order chi connectivity index (χ0) is 13.4. The molecule has 0 aromatic carbocycles. The minimum absolute atomic E-state index is 0. The van der Waals surface area contributed by atoms with E-state index in [0.717, 1.165) is 19.3 Å². The molecule has 0 unspecified atom stereocenters. The number of alkyl halides is 3. The van der Waals surface area contributed by atoms with Crippen molar-refractivity contribution in [2.45, 2.75) is 84.3 Å². The molecular weight excluding hydrogens is 263 g/mol. The number of hydrogen-bond donors (Lipinski definition) is 0. The fraction of sp³-hybridized carbons (Fsp3) is 1.00. The van der Waals surface area contributed by atoms with Gasteiger partial charge in [0.05, 0.1) is 0 Å². The molecular formula is C13H27BF3K. The fourth-order valence-corrected chi connectivity index (χ4v) is 2.71. The zero-order valence-corrected chi connectivity index (χ0v) is 15.7. The van der Waals surface area contributed by atoms with Crippen LogP contribution in [0.2, 0.25) is 19.0 Å². The molecule has 104 valence electrons. The van der Waals surface area contributed by atoms with Gasteiger partial charge in [-0.2, -0.15) is 19.0 Å². The molecule has 0 saturated carbocycles. The van der Waals surface area contributed by atoms with Crippen molar-refractivity contribution in [3.05, 3.63) is 0 Å². The van der Waals surface area contributed by atoms with Crippen LogP contribution in [-0.4, -0.2) is 12.2 Å². The standard InChI is InChI=1S/C13H27BF3.K/c1-4-7-10-14(11-8-5-2,12-9-6-3)13(15,16)17;/h4-12H2,1-3H3;/q-1;+1. The number of halogens is 3. The Labute approximate surface area is 153 Å². The van der Waals surface area contributed by atoms with Crippen LogP contribution in [0, 0.1) is 0 Å². The maximum absolute atomic E-state index is 13.4. The fourth-order valence-electron chi connectivity index (χ4n) is 2.71. The van der Waals surface area contributed by atoms with Gasteiger partial charge in [0.2, 0.25) is 0 Å². The second-order valence-corrected chi connectivity index (χ2v) is 5.45. The summed E-state index contributed by atoms with van der Waals surface area (Å²) in [6, 6.07) is 0. The maximum Gasteiger partial charge on any atom is 1.00 e. The van der Waals surface area contributed by atoms with Crippen LogP contribution in [-0.2, 0) is 0 Å². The molecule has 0 aliphatic heterocycles. The first-order valence-corrected chi connectivity index (χ1v) is 7.20. The average molecular weight is 290 g/mol. The molecule has 0 aliphatic carbocycles. The zero-order valence-electron chi connectivity index (χ0n) is 12.6. The van der Waals surface area contributed by atoms with Crippen molar-refractivity contribution in [3.8, 4) is 0 Å². The van der Waals surface area contributed by atoms with Gasteiger partial charge >= 0.3 is 51.4 Å². The number of rotatable bonds is 9. The Bertz CT molecular complexity index is 173. The normalized spacial score (nSPS) is 12.3. The van der Waals surface area contributed by atoms with Gasteiger partial charge in [0, 0.05) is 0 Å². The van der Waals surface area contributed by atoms with Crippen molar-refractivity contribution in [2.24, 2.45) is 0 Å². The average Bonchev–Trinajstić information content (AvgIpc) is 2.27. The van der Waals surface area contributed by atoms with Crippen molar-refractivity contribution in [3.63, 3.8) is 0 Å². The molecule has 0 nitrogen and oxygen atoms in total. The van der Waals surface area contributed by atoms with Crippen molar-refractivity contribution >= 4 is 6.15 Å². The Morgan fingerprint density at radius 2 is 1.00 bits per heavy atom. The van der Waals surface area contributed by atoms with Gasteiger partial charge in [-0.1, -0.05) is 59.3 Å². The molecule has 0 amide bonds. The summed E-state index contributed by atoms with van der Waals surface area (Å²) in [5, 5.41) is 0. The summed E-state index contributed by atoms with van der Waals surface area (Å²) in [6.07, 6.45) is -0.276. The maximum atomic E-state index is 13.4. The first-order valence-electron chi connectivity index (χ1n) is 7.20. The van der Waals surface area contributed by atoms with Crippen LogP contribution in [0.5, 0.6) is 0 Å². The minimum Gasteiger partial charge on any atom is -0.216 e. The predicted octanol–water partition coefficient (Wildman–Crippen LogP) is 2.94. The third-order valence-corrected chi connectivity index (χ3v) is 4.03. The van der Waals surface area contributed by atoms with Gasteiger partial charge < -0.3 is 0 Å². The number of hydrogen-bond acceptors (Lipinski definition) is 0. The van der Waals surface area contributed by atoms with E-state index in [-0.39, 0.29) is 51.4 Å².